The van der Waals surface area contributed by atoms with Gasteiger partial charge in [0.15, 0.2) is 0 Å². The lowest BCUT2D eigenvalue weighted by molar-refractivity contribution is 0.610. The van der Waals surface area contributed by atoms with Crippen LogP contribution in [0.5, 0.6) is 0 Å². The van der Waals surface area contributed by atoms with Crippen molar-refractivity contribution in [3.8, 4) is 0 Å². The highest BCUT2D eigenvalue weighted by atomic mass is 35.5. The third-order valence-corrected chi connectivity index (χ3v) is 3.84. The van der Waals surface area contributed by atoms with E-state index in [0.29, 0.717) is 17.0 Å². The van der Waals surface area contributed by atoms with Crippen molar-refractivity contribution in [3.05, 3.63) is 51.0 Å². The van der Waals surface area contributed by atoms with Crippen LogP contribution in [-0.2, 0) is 13.5 Å². The SMILES string of the molecule is Cc1nn(C)c(CC(N)c2ccc(Cl)c(F)c2)c1Cl. The zero-order valence-corrected chi connectivity index (χ0v) is 12.1. The average Bonchev–Trinajstić information content (AvgIpc) is 2.59. The molecule has 19 heavy (non-hydrogen) atoms. The molecule has 102 valence electrons. The van der Waals surface area contributed by atoms with Crippen LogP contribution in [0.15, 0.2) is 18.2 Å². The number of aryl methyl sites for hydroxylation is 2. The largest absolute Gasteiger partial charge is 0.324 e. The summed E-state index contributed by atoms with van der Waals surface area (Å²) in [5, 5.41) is 4.92. The summed E-state index contributed by atoms with van der Waals surface area (Å²) in [7, 11) is 1.81. The predicted octanol–water partition coefficient (Wildman–Crippen LogP) is 3.42. The Hall–Kier alpha value is -1.10. The number of hydrogen-bond acceptors (Lipinski definition) is 2. The molecule has 1 unspecified atom stereocenters. The summed E-state index contributed by atoms with van der Waals surface area (Å²) < 4.78 is 15.1. The molecule has 0 saturated heterocycles. The molecule has 3 nitrogen and oxygen atoms in total. The minimum Gasteiger partial charge on any atom is -0.324 e. The van der Waals surface area contributed by atoms with Crippen LogP contribution >= 0.6 is 23.2 Å². The van der Waals surface area contributed by atoms with Crippen LogP contribution in [0.4, 0.5) is 4.39 Å². The molecular weight excluding hydrogens is 288 g/mol. The van der Waals surface area contributed by atoms with E-state index in [-0.39, 0.29) is 11.1 Å². The Morgan fingerprint density at radius 1 is 1.42 bits per heavy atom. The summed E-state index contributed by atoms with van der Waals surface area (Å²) in [6, 6.07) is 4.21. The van der Waals surface area contributed by atoms with Gasteiger partial charge < -0.3 is 5.73 Å². The fourth-order valence-corrected chi connectivity index (χ4v) is 2.33. The molecule has 1 aromatic heterocycles. The molecule has 0 fully saturated rings. The van der Waals surface area contributed by atoms with Gasteiger partial charge >= 0.3 is 0 Å². The number of hydrogen-bond donors (Lipinski definition) is 1. The van der Waals surface area contributed by atoms with Crippen molar-refractivity contribution in [3.63, 3.8) is 0 Å². The molecule has 1 heterocycles. The zero-order valence-electron chi connectivity index (χ0n) is 10.6. The molecule has 0 aliphatic rings. The van der Waals surface area contributed by atoms with Gasteiger partial charge in [-0.1, -0.05) is 29.3 Å². The van der Waals surface area contributed by atoms with Gasteiger partial charge in [-0.05, 0) is 24.6 Å². The normalized spacial score (nSPS) is 12.7. The van der Waals surface area contributed by atoms with E-state index in [4.69, 9.17) is 28.9 Å². The van der Waals surface area contributed by atoms with Crippen molar-refractivity contribution in [1.82, 2.24) is 9.78 Å². The molecule has 2 rings (SSSR count). The van der Waals surface area contributed by atoms with Gasteiger partial charge in [-0.2, -0.15) is 5.10 Å². The second-order valence-corrected chi connectivity index (χ2v) is 5.24. The minimum absolute atomic E-state index is 0.0883. The van der Waals surface area contributed by atoms with Crippen molar-refractivity contribution in [1.29, 1.82) is 0 Å². The van der Waals surface area contributed by atoms with Crippen LogP contribution in [0.1, 0.15) is 23.0 Å². The lowest BCUT2D eigenvalue weighted by atomic mass is 10.0. The zero-order chi connectivity index (χ0) is 14.2. The second-order valence-electron chi connectivity index (χ2n) is 4.45. The van der Waals surface area contributed by atoms with Gasteiger partial charge in [0, 0.05) is 19.5 Å². The number of halogens is 3. The Bertz CT molecular complexity index is 610. The third kappa shape index (κ3) is 2.91. The monoisotopic (exact) mass is 301 g/mol. The van der Waals surface area contributed by atoms with Crippen molar-refractivity contribution < 1.29 is 4.39 Å². The summed E-state index contributed by atoms with van der Waals surface area (Å²) in [4.78, 5) is 0. The quantitative estimate of drug-likeness (QED) is 0.944. The molecule has 2 N–H and O–H groups in total. The molecule has 1 aromatic carbocycles. The van der Waals surface area contributed by atoms with Gasteiger partial charge in [-0.15, -0.1) is 0 Å². The maximum Gasteiger partial charge on any atom is 0.142 e. The number of rotatable bonds is 3. The van der Waals surface area contributed by atoms with E-state index < -0.39 is 5.82 Å². The number of aromatic nitrogens is 2. The van der Waals surface area contributed by atoms with E-state index in [1.54, 1.807) is 10.7 Å². The van der Waals surface area contributed by atoms with Crippen molar-refractivity contribution in [2.24, 2.45) is 12.8 Å². The molecule has 0 aliphatic heterocycles. The number of nitrogens with zero attached hydrogens (tertiary/aromatic N) is 2. The summed E-state index contributed by atoms with van der Waals surface area (Å²) >= 11 is 11.8. The topological polar surface area (TPSA) is 43.8 Å². The van der Waals surface area contributed by atoms with E-state index in [1.165, 1.54) is 12.1 Å². The van der Waals surface area contributed by atoms with Gasteiger partial charge in [-0.25, -0.2) is 4.39 Å². The molecule has 0 bridgehead atoms. The van der Waals surface area contributed by atoms with Crippen LogP contribution in [0.3, 0.4) is 0 Å². The molecule has 0 saturated carbocycles. The van der Waals surface area contributed by atoms with Crippen LogP contribution in [-0.4, -0.2) is 9.78 Å². The second kappa shape index (κ2) is 5.49. The summed E-state index contributed by atoms with van der Waals surface area (Å²) in [5.74, 6) is -0.470. The molecule has 6 heteroatoms. The summed E-state index contributed by atoms with van der Waals surface area (Å²) in [6.07, 6.45) is 0.483. The van der Waals surface area contributed by atoms with Crippen LogP contribution in [0.2, 0.25) is 10.0 Å². The van der Waals surface area contributed by atoms with Crippen LogP contribution < -0.4 is 5.73 Å². The lowest BCUT2D eigenvalue weighted by Crippen LogP contribution is -2.16. The van der Waals surface area contributed by atoms with Crippen LogP contribution in [0, 0.1) is 12.7 Å². The molecule has 1 atom stereocenters. The summed E-state index contributed by atoms with van der Waals surface area (Å²) in [5.41, 5.74) is 8.35. The lowest BCUT2D eigenvalue weighted by Gasteiger charge is -2.13. The first-order valence-electron chi connectivity index (χ1n) is 5.78. The fourth-order valence-electron chi connectivity index (χ4n) is 1.97. The highest BCUT2D eigenvalue weighted by Gasteiger charge is 2.16. The van der Waals surface area contributed by atoms with Gasteiger partial charge in [-0.3, -0.25) is 4.68 Å². The first-order valence-corrected chi connectivity index (χ1v) is 6.54. The molecule has 0 radical (unpaired) electrons. The summed E-state index contributed by atoms with van der Waals surface area (Å²) in [6.45, 7) is 1.83. The predicted molar refractivity (Wildman–Crippen MR) is 75.0 cm³/mol. The van der Waals surface area contributed by atoms with E-state index >= 15 is 0 Å². The first kappa shape index (κ1) is 14.3. The average molecular weight is 302 g/mol. The molecule has 0 aliphatic carbocycles. The van der Waals surface area contributed by atoms with Crippen molar-refractivity contribution in [2.45, 2.75) is 19.4 Å². The highest BCUT2D eigenvalue weighted by Crippen LogP contribution is 2.26. The van der Waals surface area contributed by atoms with Crippen LogP contribution in [0.25, 0.3) is 0 Å². The van der Waals surface area contributed by atoms with Gasteiger partial charge in [0.25, 0.3) is 0 Å². The maximum absolute atomic E-state index is 13.4. The third-order valence-electron chi connectivity index (χ3n) is 3.05. The molecule has 0 amide bonds. The van der Waals surface area contributed by atoms with E-state index in [1.807, 2.05) is 14.0 Å². The van der Waals surface area contributed by atoms with Gasteiger partial charge in [0.1, 0.15) is 5.82 Å². The Morgan fingerprint density at radius 2 is 2.11 bits per heavy atom. The minimum atomic E-state index is -0.470. The standard InChI is InChI=1S/C13H14Cl2FN3/c1-7-13(15)12(19(2)18-7)6-11(17)8-3-4-9(14)10(16)5-8/h3-5,11H,6,17H2,1-2H3. The number of nitrogens with two attached hydrogens (primary N) is 1. The maximum atomic E-state index is 13.4. The Balaban J connectivity index is 2.25. The van der Waals surface area contributed by atoms with Gasteiger partial charge in [0.05, 0.1) is 21.4 Å². The Labute approximate surface area is 121 Å². The smallest absolute Gasteiger partial charge is 0.142 e. The molecule has 0 spiro atoms. The van der Waals surface area contributed by atoms with Crippen molar-refractivity contribution >= 4 is 23.2 Å². The molecular formula is C13H14Cl2FN3. The van der Waals surface area contributed by atoms with Gasteiger partial charge in [0.2, 0.25) is 0 Å². The van der Waals surface area contributed by atoms with E-state index in [2.05, 4.69) is 5.10 Å². The van der Waals surface area contributed by atoms with E-state index in [9.17, 15) is 4.39 Å². The number of benzene rings is 1. The Morgan fingerprint density at radius 3 is 2.63 bits per heavy atom. The van der Waals surface area contributed by atoms with Crippen molar-refractivity contribution in [2.75, 3.05) is 0 Å². The fraction of sp³-hybridized carbons (Fsp3) is 0.308. The molecule has 2 aromatic rings. The highest BCUT2D eigenvalue weighted by molar-refractivity contribution is 6.31. The first-order chi connectivity index (χ1) is 8.90. The Kier molecular flexibility index (Phi) is 4.13. The van der Waals surface area contributed by atoms with E-state index in [0.717, 1.165) is 11.4 Å².